The lowest BCUT2D eigenvalue weighted by molar-refractivity contribution is -0.139. The van der Waals surface area contributed by atoms with Crippen LogP contribution in [0.3, 0.4) is 0 Å². The van der Waals surface area contributed by atoms with Gasteiger partial charge in [-0.3, -0.25) is 14.6 Å². The molecule has 5 rings (SSSR count). The summed E-state index contributed by atoms with van der Waals surface area (Å²) in [4.78, 5) is 31.8. The van der Waals surface area contributed by atoms with Crippen molar-refractivity contribution in [1.82, 2.24) is 9.88 Å². The SMILES string of the molecule is O=C1C(=O)N(CCc2ccccc2)[C@@H](c2ccncc2)/C1=C(\O)c1ccc2c(c1)OCCO2. The fourth-order valence-electron chi connectivity index (χ4n) is 4.24. The van der Waals surface area contributed by atoms with Crippen LogP contribution in [0.25, 0.3) is 5.76 Å². The van der Waals surface area contributed by atoms with Gasteiger partial charge in [-0.2, -0.15) is 0 Å². The molecule has 7 heteroatoms. The maximum atomic E-state index is 13.1. The summed E-state index contributed by atoms with van der Waals surface area (Å²) in [6, 6.07) is 17.5. The molecule has 0 saturated carbocycles. The standard InChI is InChI=1S/C26H22N2O5/c29-24(19-6-7-20-21(16-19)33-15-14-32-20)22-23(18-8-11-27-12-9-18)28(26(31)25(22)30)13-10-17-4-2-1-3-5-17/h1-9,11-12,16,23,29H,10,13-15H2/b24-22+/t23-/m0/s1. The molecule has 0 bridgehead atoms. The largest absolute Gasteiger partial charge is 0.507 e. The zero-order valence-corrected chi connectivity index (χ0v) is 17.8. The van der Waals surface area contributed by atoms with Crippen LogP contribution < -0.4 is 9.47 Å². The molecular weight excluding hydrogens is 420 g/mol. The first-order chi connectivity index (χ1) is 16.1. The van der Waals surface area contributed by atoms with E-state index in [9.17, 15) is 14.7 Å². The van der Waals surface area contributed by atoms with Crippen molar-refractivity contribution in [2.45, 2.75) is 12.5 Å². The number of fused-ring (bicyclic) bond motifs is 1. The highest BCUT2D eigenvalue weighted by molar-refractivity contribution is 6.46. The molecule has 1 saturated heterocycles. The smallest absolute Gasteiger partial charge is 0.295 e. The van der Waals surface area contributed by atoms with Gasteiger partial charge in [-0.1, -0.05) is 30.3 Å². The monoisotopic (exact) mass is 442 g/mol. The topological polar surface area (TPSA) is 89.0 Å². The van der Waals surface area contributed by atoms with Gasteiger partial charge in [-0.05, 0) is 47.9 Å². The van der Waals surface area contributed by atoms with Crippen molar-refractivity contribution in [3.05, 3.63) is 95.3 Å². The zero-order chi connectivity index (χ0) is 22.8. The molecule has 1 fully saturated rings. The quantitative estimate of drug-likeness (QED) is 0.370. The number of likely N-dealkylation sites (tertiary alicyclic amines) is 1. The molecule has 1 amide bonds. The number of amides is 1. The predicted octanol–water partition coefficient (Wildman–Crippen LogP) is 3.52. The van der Waals surface area contributed by atoms with Gasteiger partial charge in [0.05, 0.1) is 11.6 Å². The van der Waals surface area contributed by atoms with Crippen molar-refractivity contribution in [2.24, 2.45) is 0 Å². The van der Waals surface area contributed by atoms with Crippen LogP contribution in [0.1, 0.15) is 22.7 Å². The highest BCUT2D eigenvalue weighted by Crippen LogP contribution is 2.41. The Bertz CT molecular complexity index is 1220. The summed E-state index contributed by atoms with van der Waals surface area (Å²) in [7, 11) is 0. The summed E-state index contributed by atoms with van der Waals surface area (Å²) >= 11 is 0. The molecule has 1 aromatic heterocycles. The molecule has 2 aromatic carbocycles. The maximum absolute atomic E-state index is 13.1. The number of ketones is 1. The Morgan fingerprint density at radius 3 is 2.45 bits per heavy atom. The number of aliphatic hydroxyl groups excluding tert-OH is 1. The summed E-state index contributed by atoms with van der Waals surface area (Å²) in [6.07, 6.45) is 3.80. The van der Waals surface area contributed by atoms with Crippen LogP contribution in [0, 0.1) is 0 Å². The second-order valence-electron chi connectivity index (χ2n) is 7.87. The average Bonchev–Trinajstić information content (AvgIpc) is 3.12. The van der Waals surface area contributed by atoms with E-state index in [1.54, 1.807) is 42.7 Å². The number of aromatic nitrogens is 1. The fourth-order valence-corrected chi connectivity index (χ4v) is 4.24. The van der Waals surface area contributed by atoms with Crippen LogP contribution in [0.4, 0.5) is 0 Å². The van der Waals surface area contributed by atoms with E-state index in [-0.39, 0.29) is 11.3 Å². The molecule has 2 aliphatic rings. The van der Waals surface area contributed by atoms with Crippen LogP contribution in [-0.4, -0.2) is 46.4 Å². The number of rotatable bonds is 5. The maximum Gasteiger partial charge on any atom is 0.295 e. The summed E-state index contributed by atoms with van der Waals surface area (Å²) in [5, 5.41) is 11.2. The first kappa shape index (κ1) is 20.8. The number of pyridine rings is 1. The number of benzene rings is 2. The van der Waals surface area contributed by atoms with E-state index in [4.69, 9.17) is 9.47 Å². The van der Waals surface area contributed by atoms with Gasteiger partial charge in [-0.25, -0.2) is 0 Å². The van der Waals surface area contributed by atoms with Crippen LogP contribution in [0.5, 0.6) is 11.5 Å². The lowest BCUT2D eigenvalue weighted by Gasteiger charge is -2.25. The van der Waals surface area contributed by atoms with Crippen molar-refractivity contribution >= 4 is 17.4 Å². The van der Waals surface area contributed by atoms with Crippen molar-refractivity contribution < 1.29 is 24.2 Å². The molecule has 0 unspecified atom stereocenters. The number of hydrogen-bond donors (Lipinski definition) is 1. The third-order valence-corrected chi connectivity index (χ3v) is 5.86. The van der Waals surface area contributed by atoms with Crippen molar-refractivity contribution in [3.8, 4) is 11.5 Å². The molecule has 7 nitrogen and oxygen atoms in total. The molecule has 166 valence electrons. The van der Waals surface area contributed by atoms with Gasteiger partial charge < -0.3 is 19.5 Å². The number of hydrogen-bond acceptors (Lipinski definition) is 6. The van der Waals surface area contributed by atoms with Gasteiger partial charge in [0, 0.05) is 24.5 Å². The molecule has 0 spiro atoms. The highest BCUT2D eigenvalue weighted by atomic mass is 16.6. The molecule has 2 aliphatic heterocycles. The molecule has 0 radical (unpaired) electrons. The molecule has 1 atom stereocenters. The Labute approximate surface area is 190 Å². The Kier molecular flexibility index (Phi) is 5.52. The fraction of sp³-hybridized carbons (Fsp3) is 0.192. The zero-order valence-electron chi connectivity index (χ0n) is 17.8. The van der Waals surface area contributed by atoms with E-state index in [2.05, 4.69) is 4.98 Å². The number of carbonyl (C=O) groups is 2. The minimum Gasteiger partial charge on any atom is -0.507 e. The summed E-state index contributed by atoms with van der Waals surface area (Å²) in [6.45, 7) is 1.19. The highest BCUT2D eigenvalue weighted by Gasteiger charge is 2.45. The minimum absolute atomic E-state index is 0.0518. The van der Waals surface area contributed by atoms with Crippen LogP contribution in [-0.2, 0) is 16.0 Å². The molecule has 3 aromatic rings. The van der Waals surface area contributed by atoms with Crippen LogP contribution in [0.15, 0.2) is 78.6 Å². The summed E-state index contributed by atoms with van der Waals surface area (Å²) in [5.41, 5.74) is 2.20. The lowest BCUT2D eigenvalue weighted by Crippen LogP contribution is -2.31. The van der Waals surface area contributed by atoms with E-state index >= 15 is 0 Å². The van der Waals surface area contributed by atoms with E-state index in [1.165, 1.54) is 4.90 Å². The predicted molar refractivity (Wildman–Crippen MR) is 121 cm³/mol. The summed E-state index contributed by atoms with van der Waals surface area (Å²) < 4.78 is 11.2. The van der Waals surface area contributed by atoms with Gasteiger partial charge in [0.2, 0.25) is 0 Å². The van der Waals surface area contributed by atoms with E-state index in [1.807, 2.05) is 30.3 Å². The number of Topliss-reactive ketones (excluding diaryl/α,β-unsaturated/α-hetero) is 1. The van der Waals surface area contributed by atoms with Gasteiger partial charge in [-0.15, -0.1) is 0 Å². The third kappa shape index (κ3) is 3.93. The Morgan fingerprint density at radius 2 is 1.70 bits per heavy atom. The Balaban J connectivity index is 1.56. The van der Waals surface area contributed by atoms with E-state index in [0.29, 0.717) is 48.8 Å². The lowest BCUT2D eigenvalue weighted by atomic mass is 9.95. The van der Waals surface area contributed by atoms with Crippen molar-refractivity contribution in [2.75, 3.05) is 19.8 Å². The molecule has 0 aliphatic carbocycles. The van der Waals surface area contributed by atoms with Crippen LogP contribution >= 0.6 is 0 Å². The Morgan fingerprint density at radius 1 is 0.970 bits per heavy atom. The normalized spacial score (nSPS) is 19.0. The number of aliphatic hydroxyl groups is 1. The second kappa shape index (κ2) is 8.78. The van der Waals surface area contributed by atoms with Crippen molar-refractivity contribution in [1.29, 1.82) is 0 Å². The third-order valence-electron chi connectivity index (χ3n) is 5.86. The van der Waals surface area contributed by atoms with Gasteiger partial charge >= 0.3 is 0 Å². The molecule has 33 heavy (non-hydrogen) atoms. The van der Waals surface area contributed by atoms with Crippen molar-refractivity contribution in [3.63, 3.8) is 0 Å². The summed E-state index contributed by atoms with van der Waals surface area (Å²) in [5.74, 6) is -0.519. The Hall–Kier alpha value is -4.13. The molecule has 1 N–H and O–H groups in total. The van der Waals surface area contributed by atoms with Crippen LogP contribution in [0.2, 0.25) is 0 Å². The second-order valence-corrected chi connectivity index (χ2v) is 7.87. The van der Waals surface area contributed by atoms with Gasteiger partial charge in [0.1, 0.15) is 19.0 Å². The van der Waals surface area contributed by atoms with Gasteiger partial charge in [0.25, 0.3) is 11.7 Å². The number of nitrogens with zero attached hydrogens (tertiary/aromatic N) is 2. The molecule has 3 heterocycles. The first-order valence-corrected chi connectivity index (χ1v) is 10.8. The number of ether oxygens (including phenoxy) is 2. The van der Waals surface area contributed by atoms with E-state index < -0.39 is 17.7 Å². The number of carbonyl (C=O) groups excluding carboxylic acids is 2. The molecular formula is C26H22N2O5. The van der Waals surface area contributed by atoms with E-state index in [0.717, 1.165) is 5.56 Å². The first-order valence-electron chi connectivity index (χ1n) is 10.8. The van der Waals surface area contributed by atoms with Gasteiger partial charge in [0.15, 0.2) is 11.5 Å². The average molecular weight is 442 g/mol. The minimum atomic E-state index is -0.718.